The minimum atomic E-state index is 0.412. The van der Waals surface area contributed by atoms with Crippen LogP contribution in [0.3, 0.4) is 0 Å². The fourth-order valence-corrected chi connectivity index (χ4v) is 2.35. The molecule has 1 rings (SSSR count). The first-order valence-electron chi connectivity index (χ1n) is 7.12. The van der Waals surface area contributed by atoms with Gasteiger partial charge in [0.2, 0.25) is 0 Å². The molecule has 100 valence electrons. The highest BCUT2D eigenvalue weighted by Crippen LogP contribution is 2.17. The number of hydrogen-bond donors (Lipinski definition) is 0. The van der Waals surface area contributed by atoms with E-state index in [0.29, 0.717) is 18.3 Å². The number of rotatable bonds is 9. The molecule has 0 aliphatic carbocycles. The summed E-state index contributed by atoms with van der Waals surface area (Å²) in [6.45, 7) is 8.21. The number of carbonyl (C=O) groups excluding carboxylic acids is 1. The number of ether oxygens (including phenoxy) is 1. The summed E-state index contributed by atoms with van der Waals surface area (Å²) in [5.41, 5.74) is 0. The van der Waals surface area contributed by atoms with Gasteiger partial charge < -0.3 is 9.64 Å². The smallest absolute Gasteiger partial charge is 0.134 e. The zero-order valence-electron chi connectivity index (χ0n) is 11.4. The van der Waals surface area contributed by atoms with Crippen LogP contribution in [0.25, 0.3) is 0 Å². The van der Waals surface area contributed by atoms with Crippen molar-refractivity contribution >= 4 is 5.78 Å². The van der Waals surface area contributed by atoms with E-state index in [-0.39, 0.29) is 0 Å². The van der Waals surface area contributed by atoms with Gasteiger partial charge in [-0.1, -0.05) is 13.8 Å². The molecule has 3 heteroatoms. The summed E-state index contributed by atoms with van der Waals surface area (Å²) in [6.07, 6.45) is 6.34. The van der Waals surface area contributed by atoms with Crippen LogP contribution in [-0.2, 0) is 9.53 Å². The third-order valence-electron chi connectivity index (χ3n) is 3.61. The van der Waals surface area contributed by atoms with Gasteiger partial charge in [-0.05, 0) is 38.8 Å². The molecule has 1 aliphatic heterocycles. The van der Waals surface area contributed by atoms with Crippen molar-refractivity contribution in [2.75, 3.05) is 26.2 Å². The van der Waals surface area contributed by atoms with E-state index < -0.39 is 0 Å². The van der Waals surface area contributed by atoms with Crippen LogP contribution in [0.15, 0.2) is 0 Å². The quantitative estimate of drug-likeness (QED) is 0.621. The zero-order valence-corrected chi connectivity index (χ0v) is 11.4. The van der Waals surface area contributed by atoms with Crippen LogP contribution in [0.5, 0.6) is 0 Å². The second kappa shape index (κ2) is 8.65. The molecule has 1 atom stereocenters. The van der Waals surface area contributed by atoms with E-state index in [9.17, 15) is 4.79 Å². The van der Waals surface area contributed by atoms with Gasteiger partial charge in [0.25, 0.3) is 0 Å². The lowest BCUT2D eigenvalue weighted by molar-refractivity contribution is -0.119. The molecule has 0 amide bonds. The molecular weight excluding hydrogens is 214 g/mol. The monoisotopic (exact) mass is 241 g/mol. The van der Waals surface area contributed by atoms with Gasteiger partial charge >= 0.3 is 0 Å². The second-order valence-corrected chi connectivity index (χ2v) is 4.84. The van der Waals surface area contributed by atoms with Gasteiger partial charge in [0.05, 0.1) is 6.10 Å². The normalized spacial score (nSPS) is 20.1. The Balaban J connectivity index is 2.00. The topological polar surface area (TPSA) is 29.5 Å². The zero-order chi connectivity index (χ0) is 12.5. The van der Waals surface area contributed by atoms with Crippen LogP contribution in [0, 0.1) is 0 Å². The van der Waals surface area contributed by atoms with Gasteiger partial charge in [0, 0.05) is 26.0 Å². The minimum Gasteiger partial charge on any atom is -0.378 e. The van der Waals surface area contributed by atoms with E-state index in [1.54, 1.807) is 0 Å². The molecule has 1 fully saturated rings. The second-order valence-electron chi connectivity index (χ2n) is 4.84. The highest BCUT2D eigenvalue weighted by atomic mass is 16.5. The average molecular weight is 241 g/mol. The van der Waals surface area contributed by atoms with Gasteiger partial charge in [0.1, 0.15) is 5.78 Å². The van der Waals surface area contributed by atoms with Crippen LogP contribution in [0.1, 0.15) is 52.4 Å². The summed E-state index contributed by atoms with van der Waals surface area (Å²) in [5, 5.41) is 0. The van der Waals surface area contributed by atoms with Gasteiger partial charge in [-0.3, -0.25) is 4.79 Å². The Bertz CT molecular complexity index is 208. The average Bonchev–Trinajstić information content (AvgIpc) is 2.83. The maximum atomic E-state index is 11.7. The van der Waals surface area contributed by atoms with E-state index in [2.05, 4.69) is 18.7 Å². The summed E-state index contributed by atoms with van der Waals surface area (Å²) in [5.74, 6) is 0.412. The largest absolute Gasteiger partial charge is 0.378 e. The predicted octanol–water partition coefficient (Wildman–Crippen LogP) is 2.64. The third-order valence-corrected chi connectivity index (χ3v) is 3.61. The first-order valence-corrected chi connectivity index (χ1v) is 7.12. The highest BCUT2D eigenvalue weighted by molar-refractivity contribution is 5.78. The summed E-state index contributed by atoms with van der Waals surface area (Å²) >= 11 is 0. The Kier molecular flexibility index (Phi) is 7.45. The number of nitrogens with zero attached hydrogens (tertiary/aromatic N) is 1. The fourth-order valence-electron chi connectivity index (χ4n) is 2.35. The van der Waals surface area contributed by atoms with Crippen LogP contribution in [0.4, 0.5) is 0 Å². The molecule has 0 saturated carbocycles. The lowest BCUT2D eigenvalue weighted by Crippen LogP contribution is -2.25. The van der Waals surface area contributed by atoms with E-state index in [1.807, 2.05) is 0 Å². The standard InChI is InChI=1S/C14H27NO2/c1-3-15(4-2)11-10-13(16)7-5-8-14-9-6-12-17-14/h14H,3-12H2,1-2H3. The highest BCUT2D eigenvalue weighted by Gasteiger charge is 2.15. The Hall–Kier alpha value is -0.410. The van der Waals surface area contributed by atoms with Crippen molar-refractivity contribution in [3.63, 3.8) is 0 Å². The number of Topliss-reactive ketones (excluding diaryl/α,β-unsaturated/α-hetero) is 1. The lowest BCUT2D eigenvalue weighted by Gasteiger charge is -2.17. The Morgan fingerprint density at radius 3 is 2.65 bits per heavy atom. The molecule has 0 radical (unpaired) electrons. The number of hydrogen-bond acceptors (Lipinski definition) is 3. The first kappa shape index (κ1) is 14.7. The molecule has 0 aromatic heterocycles. The maximum Gasteiger partial charge on any atom is 0.134 e. The van der Waals surface area contributed by atoms with Crippen molar-refractivity contribution in [3.05, 3.63) is 0 Å². The van der Waals surface area contributed by atoms with Crippen molar-refractivity contribution in [1.82, 2.24) is 4.90 Å². The molecular formula is C14H27NO2. The van der Waals surface area contributed by atoms with E-state index in [1.165, 1.54) is 12.8 Å². The minimum absolute atomic E-state index is 0.412. The first-order chi connectivity index (χ1) is 8.26. The lowest BCUT2D eigenvalue weighted by atomic mass is 10.1. The molecule has 17 heavy (non-hydrogen) atoms. The molecule has 0 bridgehead atoms. The molecule has 1 heterocycles. The van der Waals surface area contributed by atoms with Crippen molar-refractivity contribution < 1.29 is 9.53 Å². The molecule has 1 aliphatic rings. The van der Waals surface area contributed by atoms with Crippen LogP contribution in [0.2, 0.25) is 0 Å². The summed E-state index contributed by atoms with van der Waals surface area (Å²) in [7, 11) is 0. The molecule has 3 nitrogen and oxygen atoms in total. The maximum absolute atomic E-state index is 11.7. The SMILES string of the molecule is CCN(CC)CCC(=O)CCCC1CCCO1. The van der Waals surface area contributed by atoms with Crippen LogP contribution >= 0.6 is 0 Å². The Morgan fingerprint density at radius 1 is 1.29 bits per heavy atom. The Labute approximate surface area is 106 Å². The summed E-state index contributed by atoms with van der Waals surface area (Å²) in [4.78, 5) is 14.0. The molecule has 1 unspecified atom stereocenters. The molecule has 0 N–H and O–H groups in total. The van der Waals surface area contributed by atoms with Gasteiger partial charge in [-0.2, -0.15) is 0 Å². The summed E-state index contributed by atoms with van der Waals surface area (Å²) < 4.78 is 5.55. The van der Waals surface area contributed by atoms with E-state index >= 15 is 0 Å². The van der Waals surface area contributed by atoms with Crippen molar-refractivity contribution in [3.8, 4) is 0 Å². The van der Waals surface area contributed by atoms with E-state index in [0.717, 1.165) is 45.5 Å². The van der Waals surface area contributed by atoms with Crippen LogP contribution < -0.4 is 0 Å². The summed E-state index contributed by atoms with van der Waals surface area (Å²) in [6, 6.07) is 0. The van der Waals surface area contributed by atoms with Gasteiger partial charge in [-0.25, -0.2) is 0 Å². The fraction of sp³-hybridized carbons (Fsp3) is 0.929. The van der Waals surface area contributed by atoms with Crippen molar-refractivity contribution in [2.24, 2.45) is 0 Å². The van der Waals surface area contributed by atoms with Crippen molar-refractivity contribution in [1.29, 1.82) is 0 Å². The number of carbonyl (C=O) groups is 1. The van der Waals surface area contributed by atoms with E-state index in [4.69, 9.17) is 4.74 Å². The molecule has 0 aromatic carbocycles. The van der Waals surface area contributed by atoms with Crippen LogP contribution in [-0.4, -0.2) is 43.0 Å². The molecule has 0 aromatic rings. The predicted molar refractivity (Wildman–Crippen MR) is 70.2 cm³/mol. The molecule has 1 saturated heterocycles. The van der Waals surface area contributed by atoms with Gasteiger partial charge in [-0.15, -0.1) is 0 Å². The molecule has 0 spiro atoms. The Morgan fingerprint density at radius 2 is 2.06 bits per heavy atom. The van der Waals surface area contributed by atoms with Crippen molar-refractivity contribution in [2.45, 2.75) is 58.5 Å². The van der Waals surface area contributed by atoms with Gasteiger partial charge in [0.15, 0.2) is 0 Å². The number of ketones is 1. The third kappa shape index (κ3) is 6.18.